The first-order valence-electron chi connectivity index (χ1n) is 10.5. The maximum absolute atomic E-state index is 12.1. The van der Waals surface area contributed by atoms with Gasteiger partial charge in [-0.3, -0.25) is 9.59 Å². The van der Waals surface area contributed by atoms with Crippen molar-refractivity contribution in [2.45, 2.75) is 46.1 Å². The zero-order chi connectivity index (χ0) is 23.7. The number of nitrogens with zero attached hydrogens (tertiary/aromatic N) is 2. The Morgan fingerprint density at radius 1 is 1.06 bits per heavy atom. The molecule has 2 heterocycles. The molecule has 0 unspecified atom stereocenters. The molecule has 3 atom stereocenters. The number of amides is 1. The van der Waals surface area contributed by atoms with Crippen molar-refractivity contribution in [2.24, 2.45) is 17.6 Å². The maximum atomic E-state index is 12.1. The summed E-state index contributed by atoms with van der Waals surface area (Å²) in [7, 11) is 1.53. The Labute approximate surface area is 197 Å². The molecule has 2 aromatic heterocycles. The molecule has 0 aromatic carbocycles. The van der Waals surface area contributed by atoms with E-state index >= 15 is 0 Å². The van der Waals surface area contributed by atoms with Crippen LogP contribution in [0.15, 0.2) is 41.1 Å². The molecule has 6 nitrogen and oxygen atoms in total. The fraction of sp³-hybridized carbons (Fsp3) is 0.417. The number of carbonyl (C=O) groups is 2. The van der Waals surface area contributed by atoms with Crippen LogP contribution in [-0.4, -0.2) is 34.9 Å². The average molecular weight is 474 g/mol. The van der Waals surface area contributed by atoms with E-state index in [-0.39, 0.29) is 18.1 Å². The first-order chi connectivity index (χ1) is 15.2. The number of ether oxygens (including phenoxy) is 1. The van der Waals surface area contributed by atoms with Gasteiger partial charge in [0.05, 0.1) is 23.2 Å². The lowest BCUT2D eigenvalue weighted by atomic mass is 9.96. The highest BCUT2D eigenvalue weighted by Crippen LogP contribution is 2.29. The molecule has 2 aromatic rings. The van der Waals surface area contributed by atoms with Crippen LogP contribution in [0.4, 0.5) is 0 Å². The molecule has 1 amide bonds. The van der Waals surface area contributed by atoms with E-state index in [1.165, 1.54) is 18.4 Å². The van der Waals surface area contributed by atoms with E-state index in [0.717, 1.165) is 21.4 Å². The fourth-order valence-electron chi connectivity index (χ4n) is 2.83. The summed E-state index contributed by atoms with van der Waals surface area (Å²) >= 11 is 3.15. The average Bonchev–Trinajstić information content (AvgIpc) is 3.40. The molecule has 0 saturated carbocycles. The summed E-state index contributed by atoms with van der Waals surface area (Å²) < 4.78 is 5.40. The van der Waals surface area contributed by atoms with Gasteiger partial charge in [-0.25, -0.2) is 9.97 Å². The van der Waals surface area contributed by atoms with Crippen LogP contribution >= 0.6 is 22.7 Å². The van der Waals surface area contributed by atoms with Crippen LogP contribution < -0.4 is 5.73 Å². The van der Waals surface area contributed by atoms with Gasteiger partial charge in [0.25, 0.3) is 0 Å². The number of hydrogen-bond acceptors (Lipinski definition) is 7. The van der Waals surface area contributed by atoms with E-state index in [2.05, 4.69) is 50.1 Å². The van der Waals surface area contributed by atoms with Crippen LogP contribution in [-0.2, 0) is 14.3 Å². The number of ketones is 1. The number of nitrogens with two attached hydrogens (primary N) is 1. The lowest BCUT2D eigenvalue weighted by Gasteiger charge is -2.17. The third-order valence-corrected chi connectivity index (χ3v) is 6.67. The van der Waals surface area contributed by atoms with Gasteiger partial charge in [0, 0.05) is 29.7 Å². The first kappa shape index (κ1) is 25.8. The van der Waals surface area contributed by atoms with Crippen molar-refractivity contribution in [1.82, 2.24) is 9.97 Å². The van der Waals surface area contributed by atoms with Crippen LogP contribution in [0.25, 0.3) is 16.8 Å². The molecule has 0 saturated heterocycles. The summed E-state index contributed by atoms with van der Waals surface area (Å²) in [5.74, 6) is -0.595. The highest BCUT2D eigenvalue weighted by atomic mass is 32.1. The van der Waals surface area contributed by atoms with Crippen LogP contribution in [0.5, 0.6) is 0 Å². The summed E-state index contributed by atoms with van der Waals surface area (Å²) in [4.78, 5) is 32.5. The smallest absolute Gasteiger partial charge is 0.224 e. The maximum Gasteiger partial charge on any atom is 0.224 e. The van der Waals surface area contributed by atoms with Crippen LogP contribution in [0.1, 0.15) is 50.7 Å². The predicted octanol–water partition coefficient (Wildman–Crippen LogP) is 5.25. The molecule has 0 radical (unpaired) electrons. The first-order valence-corrected chi connectivity index (χ1v) is 12.3. The molecule has 0 aliphatic rings. The molecule has 2 N–H and O–H groups in total. The summed E-state index contributed by atoms with van der Waals surface area (Å²) in [5, 5.41) is 5.85. The minimum Gasteiger partial charge on any atom is -0.377 e. The zero-order valence-electron chi connectivity index (χ0n) is 19.1. The van der Waals surface area contributed by atoms with Gasteiger partial charge in [-0.05, 0) is 12.0 Å². The highest BCUT2D eigenvalue weighted by Gasteiger charge is 2.23. The lowest BCUT2D eigenvalue weighted by molar-refractivity contribution is -0.130. The van der Waals surface area contributed by atoms with Gasteiger partial charge < -0.3 is 10.5 Å². The fourth-order valence-corrected chi connectivity index (χ4v) is 4.50. The topological polar surface area (TPSA) is 95.2 Å². The molecular formula is C24H31N3O3S2. The Morgan fingerprint density at radius 2 is 1.78 bits per heavy atom. The Morgan fingerprint density at radius 3 is 2.44 bits per heavy atom. The number of rotatable bonds is 12. The Hall–Kier alpha value is -2.42. The van der Waals surface area contributed by atoms with Gasteiger partial charge in [-0.15, -0.1) is 22.7 Å². The summed E-state index contributed by atoms with van der Waals surface area (Å²) in [6.45, 7) is 8.15. The van der Waals surface area contributed by atoms with Gasteiger partial charge in [0.2, 0.25) is 5.91 Å². The second kappa shape index (κ2) is 12.6. The van der Waals surface area contributed by atoms with Crippen LogP contribution in [0.3, 0.4) is 0 Å². The number of hydrogen-bond donors (Lipinski definition) is 1. The number of Topliss-reactive ketones (excluding diaryl/α,β-unsaturated/α-hetero) is 1. The minimum absolute atomic E-state index is 0.228. The molecule has 32 heavy (non-hydrogen) atoms. The molecule has 0 aliphatic heterocycles. The van der Waals surface area contributed by atoms with Crippen molar-refractivity contribution in [3.8, 4) is 10.7 Å². The Bertz CT molecular complexity index is 988. The lowest BCUT2D eigenvalue weighted by Crippen LogP contribution is -2.29. The van der Waals surface area contributed by atoms with E-state index in [9.17, 15) is 9.59 Å². The number of aromatic nitrogens is 2. The summed E-state index contributed by atoms with van der Waals surface area (Å²) in [6.07, 6.45) is 11.3. The summed E-state index contributed by atoms with van der Waals surface area (Å²) in [6, 6.07) is 0. The van der Waals surface area contributed by atoms with E-state index in [1.54, 1.807) is 24.3 Å². The van der Waals surface area contributed by atoms with E-state index in [0.29, 0.717) is 5.92 Å². The van der Waals surface area contributed by atoms with Crippen LogP contribution in [0.2, 0.25) is 0 Å². The Kier molecular flexibility index (Phi) is 10.2. The van der Waals surface area contributed by atoms with Crippen LogP contribution in [0, 0.1) is 11.8 Å². The number of thiazole rings is 2. The largest absolute Gasteiger partial charge is 0.377 e. The molecule has 8 heteroatoms. The summed E-state index contributed by atoms with van der Waals surface area (Å²) in [5.41, 5.74) is 6.75. The molecule has 0 spiro atoms. The number of allylic oxidation sites excluding steroid dienone is 4. The quantitative estimate of drug-likeness (QED) is 0.336. The third kappa shape index (κ3) is 7.93. The normalized spacial score (nSPS) is 15.2. The van der Waals surface area contributed by atoms with E-state index in [4.69, 9.17) is 15.5 Å². The van der Waals surface area contributed by atoms with E-state index in [1.807, 2.05) is 16.8 Å². The molecule has 0 aliphatic carbocycles. The van der Waals surface area contributed by atoms with Gasteiger partial charge in [0.1, 0.15) is 16.5 Å². The zero-order valence-corrected chi connectivity index (χ0v) is 20.8. The minimum atomic E-state index is -0.635. The molecule has 172 valence electrons. The SMILES string of the molecule is CO[C@@H](C=Cc1csc(-c2csc([C@@H](C)C=CC=CC(C)C)n2)n1)[C@@H](C)C(=O)CC(N)=O. The van der Waals surface area contributed by atoms with Crippen molar-refractivity contribution < 1.29 is 14.3 Å². The van der Waals surface area contributed by atoms with Crippen molar-refractivity contribution in [1.29, 1.82) is 0 Å². The number of methoxy groups -OCH3 is 1. The molecular weight excluding hydrogens is 442 g/mol. The molecule has 2 rings (SSSR count). The van der Waals surface area contributed by atoms with Gasteiger partial charge in [-0.2, -0.15) is 0 Å². The third-order valence-electron chi connectivity index (χ3n) is 4.74. The predicted molar refractivity (Wildman–Crippen MR) is 133 cm³/mol. The highest BCUT2D eigenvalue weighted by molar-refractivity contribution is 7.14. The van der Waals surface area contributed by atoms with Crippen molar-refractivity contribution in [3.05, 3.63) is 51.8 Å². The van der Waals surface area contributed by atoms with Crippen molar-refractivity contribution in [2.75, 3.05) is 7.11 Å². The van der Waals surface area contributed by atoms with Gasteiger partial charge >= 0.3 is 0 Å². The molecule has 0 fully saturated rings. The van der Waals surface area contributed by atoms with Gasteiger partial charge in [0.15, 0.2) is 0 Å². The number of primary amides is 1. The van der Waals surface area contributed by atoms with Crippen molar-refractivity contribution >= 4 is 40.4 Å². The number of carbonyl (C=O) groups excluding carboxylic acids is 2. The van der Waals surface area contributed by atoms with Crippen molar-refractivity contribution in [3.63, 3.8) is 0 Å². The van der Waals surface area contributed by atoms with E-state index < -0.39 is 17.9 Å². The second-order valence-corrected chi connectivity index (χ2v) is 9.66. The van der Waals surface area contributed by atoms with Gasteiger partial charge in [-0.1, -0.05) is 58.1 Å². The molecule has 0 bridgehead atoms. The standard InChI is InChI=1S/C24H31N3O3S2/c1-15(2)8-6-7-9-16(3)23-27-19(14-32-23)24-26-18(13-31-24)10-11-21(30-5)17(4)20(28)12-22(25)29/h6-11,13-17,21H,12H2,1-5H3,(H2,25,29)/t16-,17-,21-/m0/s1. The Balaban J connectivity index is 2.04. The second-order valence-electron chi connectivity index (χ2n) is 7.91. The monoisotopic (exact) mass is 473 g/mol.